The fourth-order valence-electron chi connectivity index (χ4n) is 3.75. The molecule has 160 valence electrons. The number of furan rings is 1. The van der Waals surface area contributed by atoms with Crippen LogP contribution in [0.2, 0.25) is 0 Å². The molecule has 0 fully saturated rings. The van der Waals surface area contributed by atoms with Gasteiger partial charge in [-0.3, -0.25) is 14.2 Å². The Bertz CT molecular complexity index is 1280. The van der Waals surface area contributed by atoms with Crippen LogP contribution in [0.15, 0.2) is 76.5 Å². The summed E-state index contributed by atoms with van der Waals surface area (Å²) < 4.78 is 7.50. The minimum absolute atomic E-state index is 0.0198. The van der Waals surface area contributed by atoms with Crippen molar-refractivity contribution < 1.29 is 14.0 Å². The van der Waals surface area contributed by atoms with Gasteiger partial charge in [0.25, 0.3) is 0 Å². The van der Waals surface area contributed by atoms with Crippen LogP contribution in [-0.2, 0) is 17.8 Å². The van der Waals surface area contributed by atoms with Gasteiger partial charge in [-0.25, -0.2) is 0 Å². The van der Waals surface area contributed by atoms with Crippen molar-refractivity contribution in [1.29, 1.82) is 0 Å². The molecule has 32 heavy (non-hydrogen) atoms. The average Bonchev–Trinajstić information content (AvgIpc) is 3.53. The molecular formula is C24H20N4O3S. The zero-order valence-electron chi connectivity index (χ0n) is 17.4. The van der Waals surface area contributed by atoms with Crippen molar-refractivity contribution in [3.63, 3.8) is 0 Å². The van der Waals surface area contributed by atoms with Gasteiger partial charge in [0.15, 0.2) is 16.7 Å². The van der Waals surface area contributed by atoms with Crippen LogP contribution in [0, 0.1) is 0 Å². The summed E-state index contributed by atoms with van der Waals surface area (Å²) in [6.45, 7) is 0.563. The van der Waals surface area contributed by atoms with E-state index in [4.69, 9.17) is 4.42 Å². The molecule has 0 aliphatic carbocycles. The van der Waals surface area contributed by atoms with Crippen LogP contribution in [-0.4, -0.2) is 39.3 Å². The molecule has 0 saturated heterocycles. The van der Waals surface area contributed by atoms with Crippen molar-refractivity contribution in [3.05, 3.63) is 83.6 Å². The molecule has 0 spiro atoms. The Labute approximate surface area is 189 Å². The van der Waals surface area contributed by atoms with Crippen LogP contribution >= 0.6 is 11.8 Å². The lowest BCUT2D eigenvalue weighted by atomic mass is 10.1. The van der Waals surface area contributed by atoms with Gasteiger partial charge in [-0.15, -0.1) is 10.2 Å². The van der Waals surface area contributed by atoms with Gasteiger partial charge in [-0.1, -0.05) is 42.1 Å². The Morgan fingerprint density at radius 2 is 1.94 bits per heavy atom. The van der Waals surface area contributed by atoms with E-state index in [2.05, 4.69) is 10.2 Å². The Morgan fingerprint density at radius 3 is 2.72 bits per heavy atom. The fraction of sp³-hybridized carbons (Fsp3) is 0.167. The third kappa shape index (κ3) is 3.85. The first-order valence-electron chi connectivity index (χ1n) is 10.2. The third-order valence-corrected chi connectivity index (χ3v) is 6.42. The van der Waals surface area contributed by atoms with Gasteiger partial charge in [0.05, 0.1) is 25.0 Å². The summed E-state index contributed by atoms with van der Waals surface area (Å²) >= 11 is 1.34. The normalized spacial score (nSPS) is 12.9. The molecular weight excluding hydrogens is 424 g/mol. The Balaban J connectivity index is 1.37. The molecule has 2 aromatic heterocycles. The van der Waals surface area contributed by atoms with Crippen molar-refractivity contribution in [1.82, 2.24) is 14.8 Å². The lowest BCUT2D eigenvalue weighted by Crippen LogP contribution is -2.20. The number of Topliss-reactive ketones (excluding diaryl/α,β-unsaturated/α-hetero) is 1. The SMILES string of the molecule is CN1C(=O)Cc2cc(C(=O)CSc3nnc(-c4ccco4)n3Cc3ccccc3)ccc21. The van der Waals surface area contributed by atoms with Crippen LogP contribution < -0.4 is 4.90 Å². The van der Waals surface area contributed by atoms with Crippen LogP contribution in [0.4, 0.5) is 5.69 Å². The largest absolute Gasteiger partial charge is 0.461 e. The first-order chi connectivity index (χ1) is 15.6. The summed E-state index contributed by atoms with van der Waals surface area (Å²) in [6, 6.07) is 19.1. The molecule has 8 heteroatoms. The summed E-state index contributed by atoms with van der Waals surface area (Å²) in [5.41, 5.74) is 3.45. The summed E-state index contributed by atoms with van der Waals surface area (Å²) in [7, 11) is 1.75. The van der Waals surface area contributed by atoms with Crippen LogP contribution in [0.5, 0.6) is 0 Å². The zero-order valence-corrected chi connectivity index (χ0v) is 18.2. The Kier molecular flexibility index (Phi) is 5.36. The number of rotatable bonds is 7. The molecule has 3 heterocycles. The van der Waals surface area contributed by atoms with Crippen LogP contribution in [0.3, 0.4) is 0 Å². The number of thioether (sulfide) groups is 1. The van der Waals surface area contributed by atoms with Gasteiger partial charge in [0, 0.05) is 18.3 Å². The van der Waals surface area contributed by atoms with E-state index in [-0.39, 0.29) is 17.4 Å². The highest BCUT2D eigenvalue weighted by molar-refractivity contribution is 7.99. The molecule has 1 aliphatic heterocycles. The second kappa shape index (κ2) is 8.47. The van der Waals surface area contributed by atoms with Gasteiger partial charge < -0.3 is 9.32 Å². The highest BCUT2D eigenvalue weighted by Crippen LogP contribution is 2.30. The summed E-state index contributed by atoms with van der Waals surface area (Å²) in [6.07, 6.45) is 1.93. The minimum Gasteiger partial charge on any atom is -0.461 e. The van der Waals surface area contributed by atoms with E-state index in [1.807, 2.05) is 59.2 Å². The Morgan fingerprint density at radius 1 is 1.09 bits per heavy atom. The second-order valence-corrected chi connectivity index (χ2v) is 8.48. The second-order valence-electron chi connectivity index (χ2n) is 7.54. The summed E-state index contributed by atoms with van der Waals surface area (Å²) in [5, 5.41) is 9.28. The lowest BCUT2D eigenvalue weighted by molar-refractivity contribution is -0.117. The monoisotopic (exact) mass is 444 g/mol. The molecule has 1 aliphatic rings. The molecule has 1 amide bonds. The molecule has 0 bridgehead atoms. The van der Waals surface area contributed by atoms with E-state index in [1.54, 1.807) is 24.3 Å². The summed E-state index contributed by atoms with van der Waals surface area (Å²) in [5.74, 6) is 1.48. The van der Waals surface area contributed by atoms with E-state index < -0.39 is 0 Å². The number of amides is 1. The van der Waals surface area contributed by atoms with E-state index in [0.29, 0.717) is 35.3 Å². The molecule has 0 atom stereocenters. The van der Waals surface area contributed by atoms with Gasteiger partial charge in [0.2, 0.25) is 11.7 Å². The lowest BCUT2D eigenvalue weighted by Gasteiger charge is -2.11. The zero-order chi connectivity index (χ0) is 22.1. The minimum atomic E-state index is -0.0198. The molecule has 0 radical (unpaired) electrons. The molecule has 4 aromatic rings. The third-order valence-electron chi connectivity index (χ3n) is 5.45. The first kappa shape index (κ1) is 20.3. The topological polar surface area (TPSA) is 81.2 Å². The maximum absolute atomic E-state index is 12.9. The molecule has 2 aromatic carbocycles. The first-order valence-corrected chi connectivity index (χ1v) is 11.1. The number of hydrogen-bond acceptors (Lipinski definition) is 6. The predicted octanol–water partition coefficient (Wildman–Crippen LogP) is 4.08. The van der Waals surface area contributed by atoms with Crippen molar-refractivity contribution in [2.24, 2.45) is 0 Å². The fourth-order valence-corrected chi connectivity index (χ4v) is 4.58. The van der Waals surface area contributed by atoms with Crippen LogP contribution in [0.25, 0.3) is 11.6 Å². The quantitative estimate of drug-likeness (QED) is 0.316. The highest BCUT2D eigenvalue weighted by atomic mass is 32.2. The molecule has 7 nitrogen and oxygen atoms in total. The van der Waals surface area contributed by atoms with Crippen molar-refractivity contribution >= 4 is 29.1 Å². The summed E-state index contributed by atoms with van der Waals surface area (Å²) in [4.78, 5) is 26.4. The van der Waals surface area contributed by atoms with Crippen molar-refractivity contribution in [3.8, 4) is 11.6 Å². The van der Waals surface area contributed by atoms with Gasteiger partial charge >= 0.3 is 0 Å². The number of fused-ring (bicyclic) bond motifs is 1. The maximum Gasteiger partial charge on any atom is 0.231 e. The maximum atomic E-state index is 12.9. The molecule has 0 unspecified atom stereocenters. The van der Waals surface area contributed by atoms with Crippen LogP contribution in [0.1, 0.15) is 21.5 Å². The highest BCUT2D eigenvalue weighted by Gasteiger charge is 2.25. The number of carbonyl (C=O) groups is 2. The average molecular weight is 445 g/mol. The number of benzene rings is 2. The molecule has 0 N–H and O–H groups in total. The van der Waals surface area contributed by atoms with Gasteiger partial charge in [-0.05, 0) is 41.5 Å². The van der Waals surface area contributed by atoms with E-state index in [1.165, 1.54) is 11.8 Å². The molecule has 0 saturated carbocycles. The van der Waals surface area contributed by atoms with E-state index >= 15 is 0 Å². The van der Waals surface area contributed by atoms with Crippen molar-refractivity contribution in [2.75, 3.05) is 17.7 Å². The predicted molar refractivity (Wildman–Crippen MR) is 122 cm³/mol. The van der Waals surface area contributed by atoms with Crippen molar-refractivity contribution in [2.45, 2.75) is 18.1 Å². The number of anilines is 1. The number of ketones is 1. The number of nitrogens with zero attached hydrogens (tertiary/aromatic N) is 4. The van der Waals surface area contributed by atoms with E-state index in [0.717, 1.165) is 16.8 Å². The van der Waals surface area contributed by atoms with E-state index in [9.17, 15) is 9.59 Å². The standard InChI is InChI=1S/C24H20N4O3S/c1-27-19-10-9-17(12-18(19)13-22(27)30)20(29)15-32-24-26-25-23(21-8-5-11-31-21)28(24)14-16-6-3-2-4-7-16/h2-12H,13-15H2,1H3. The van der Waals surface area contributed by atoms with Gasteiger partial charge in [0.1, 0.15) is 0 Å². The smallest absolute Gasteiger partial charge is 0.231 e. The van der Waals surface area contributed by atoms with Gasteiger partial charge in [-0.2, -0.15) is 0 Å². The number of aromatic nitrogens is 3. The Hall–Kier alpha value is -3.65. The number of carbonyl (C=O) groups excluding carboxylic acids is 2. The number of hydrogen-bond donors (Lipinski definition) is 0. The number of likely N-dealkylation sites (N-methyl/N-ethyl adjacent to an activating group) is 1. The molecule has 5 rings (SSSR count).